The van der Waals surface area contributed by atoms with Crippen molar-refractivity contribution in [2.45, 2.75) is 0 Å². The van der Waals surface area contributed by atoms with Crippen LogP contribution in [-0.4, -0.2) is 0 Å². The molecule has 2 heteroatoms. The fourth-order valence-corrected chi connectivity index (χ4v) is 6.44. The largest absolute Gasteiger partial charge is 0.449 e. The zero-order chi connectivity index (χ0) is 21.6. The Kier molecular flexibility index (Phi) is 5.71. The third-order valence-electron chi connectivity index (χ3n) is 5.32. The van der Waals surface area contributed by atoms with Gasteiger partial charge in [0.25, 0.3) is 0 Å². The lowest BCUT2D eigenvalue weighted by molar-refractivity contribution is 0.471. The Hall–Kier alpha value is -3.85. The van der Waals surface area contributed by atoms with Gasteiger partial charge >= 0.3 is 0 Å². The Morgan fingerprint density at radius 3 is 1.44 bits per heavy atom. The van der Waals surface area contributed by atoms with Crippen LogP contribution in [0.3, 0.4) is 0 Å². The van der Waals surface area contributed by atoms with Crippen LogP contribution >= 0.6 is 7.26 Å². The second-order valence-electron chi connectivity index (χ2n) is 7.54. The van der Waals surface area contributed by atoms with Gasteiger partial charge in [0.15, 0.2) is 18.8 Å². The predicted molar refractivity (Wildman–Crippen MR) is 136 cm³/mol. The molecule has 0 spiro atoms. The molecule has 1 aliphatic rings. The Labute approximate surface area is 190 Å². The summed E-state index contributed by atoms with van der Waals surface area (Å²) in [6, 6.07) is 41.3. The van der Waals surface area contributed by atoms with Crippen molar-refractivity contribution in [3.8, 4) is 11.6 Å². The lowest BCUT2D eigenvalue weighted by atomic mass is 10.2. The summed E-state index contributed by atoms with van der Waals surface area (Å²) < 4.78 is 6.47. The highest BCUT2D eigenvalue weighted by Crippen LogP contribution is 2.65. The molecule has 1 nitrogen and oxygen atoms in total. The minimum absolute atomic E-state index is 0.853. The lowest BCUT2D eigenvalue weighted by Crippen LogP contribution is -2.11. The van der Waals surface area contributed by atoms with Gasteiger partial charge in [-0.2, -0.15) is 0 Å². The monoisotopic (exact) mass is 429 g/mol. The molecule has 0 unspecified atom stereocenters. The third kappa shape index (κ3) is 4.28. The van der Waals surface area contributed by atoms with Gasteiger partial charge in [0.2, 0.25) is 0 Å². The van der Waals surface area contributed by atoms with E-state index in [9.17, 15) is 0 Å². The maximum Gasteiger partial charge on any atom is 0.182 e. The van der Waals surface area contributed by atoms with E-state index in [0.717, 1.165) is 28.2 Å². The quantitative estimate of drug-likeness (QED) is 0.244. The van der Waals surface area contributed by atoms with Crippen molar-refractivity contribution in [1.29, 1.82) is 0 Å². The van der Waals surface area contributed by atoms with E-state index < -0.39 is 7.26 Å². The molecule has 0 bridgehead atoms. The summed E-state index contributed by atoms with van der Waals surface area (Å²) in [6.07, 6.45) is 0. The molecule has 0 amide bonds. The first-order valence-corrected chi connectivity index (χ1v) is 12.5. The molecule has 152 valence electrons. The van der Waals surface area contributed by atoms with E-state index in [1.165, 1.54) is 5.30 Å². The maximum atomic E-state index is 6.47. The highest BCUT2D eigenvalue weighted by Gasteiger charge is 2.41. The van der Waals surface area contributed by atoms with Gasteiger partial charge in [-0.05, 0) is 30.2 Å². The molecule has 4 aromatic rings. The second kappa shape index (κ2) is 9.11. The van der Waals surface area contributed by atoms with Crippen molar-refractivity contribution in [2.75, 3.05) is 0 Å². The SMILES string of the molecule is C(#C[P+]1(c2ccccc2)C=C(c2ccccc2)OC(c2ccccc2)=C1)c1ccccc1. The molecule has 0 saturated heterocycles. The van der Waals surface area contributed by atoms with Crippen LogP contribution in [0.15, 0.2) is 133 Å². The first-order chi connectivity index (χ1) is 15.8. The fourth-order valence-electron chi connectivity index (χ4n) is 3.68. The summed E-state index contributed by atoms with van der Waals surface area (Å²) in [7, 11) is -2.16. The van der Waals surface area contributed by atoms with E-state index in [0.29, 0.717) is 0 Å². The number of benzene rings is 4. The van der Waals surface area contributed by atoms with Crippen molar-refractivity contribution in [1.82, 2.24) is 0 Å². The van der Waals surface area contributed by atoms with Gasteiger partial charge in [0.1, 0.15) is 16.9 Å². The van der Waals surface area contributed by atoms with E-state index >= 15 is 0 Å². The normalized spacial score (nSPS) is 14.2. The molecule has 0 aliphatic carbocycles. The fraction of sp³-hybridized carbons (Fsp3) is 0. The Morgan fingerprint density at radius 2 is 0.938 bits per heavy atom. The molecular weight excluding hydrogens is 407 g/mol. The molecular formula is C30H22OP+. The van der Waals surface area contributed by atoms with Gasteiger partial charge < -0.3 is 4.74 Å². The summed E-state index contributed by atoms with van der Waals surface area (Å²) in [5, 5.41) is 1.22. The molecule has 0 N–H and O–H groups in total. The van der Waals surface area contributed by atoms with Crippen LogP contribution in [0, 0.1) is 11.6 Å². The second-order valence-corrected chi connectivity index (χ2v) is 10.3. The number of rotatable bonds is 3. The zero-order valence-corrected chi connectivity index (χ0v) is 18.5. The van der Waals surface area contributed by atoms with E-state index in [1.807, 2.05) is 54.6 Å². The van der Waals surface area contributed by atoms with Crippen LogP contribution in [0.1, 0.15) is 16.7 Å². The van der Waals surface area contributed by atoms with Crippen molar-refractivity contribution < 1.29 is 4.74 Å². The van der Waals surface area contributed by atoms with E-state index in [1.54, 1.807) is 0 Å². The molecule has 0 aromatic heterocycles. The van der Waals surface area contributed by atoms with E-state index in [-0.39, 0.29) is 0 Å². The third-order valence-corrected chi connectivity index (χ3v) is 8.24. The van der Waals surface area contributed by atoms with Gasteiger partial charge in [-0.15, -0.1) is 0 Å². The van der Waals surface area contributed by atoms with E-state index in [4.69, 9.17) is 4.74 Å². The van der Waals surface area contributed by atoms with Gasteiger partial charge in [-0.1, -0.05) is 97.1 Å². The van der Waals surface area contributed by atoms with Crippen LogP contribution in [0.25, 0.3) is 11.5 Å². The molecule has 5 rings (SSSR count). The average molecular weight is 429 g/mol. The van der Waals surface area contributed by atoms with Crippen LogP contribution in [-0.2, 0) is 4.74 Å². The highest BCUT2D eigenvalue weighted by atomic mass is 31.2. The minimum atomic E-state index is -2.16. The molecule has 0 atom stereocenters. The summed E-state index contributed by atoms with van der Waals surface area (Å²) in [6.45, 7) is 0. The maximum absolute atomic E-state index is 6.47. The van der Waals surface area contributed by atoms with Crippen molar-refractivity contribution >= 4 is 24.1 Å². The van der Waals surface area contributed by atoms with E-state index in [2.05, 4.69) is 89.9 Å². The van der Waals surface area contributed by atoms with Crippen molar-refractivity contribution in [3.63, 3.8) is 0 Å². The van der Waals surface area contributed by atoms with Gasteiger partial charge in [-0.25, -0.2) is 0 Å². The van der Waals surface area contributed by atoms with Crippen LogP contribution in [0.5, 0.6) is 0 Å². The Morgan fingerprint density at radius 1 is 0.500 bits per heavy atom. The zero-order valence-electron chi connectivity index (χ0n) is 17.6. The molecule has 0 saturated carbocycles. The van der Waals surface area contributed by atoms with Crippen LogP contribution in [0.4, 0.5) is 0 Å². The Bertz CT molecular complexity index is 1260. The standard InChI is InChI=1S/C30H22OP/c1-5-13-25(14-6-1)21-22-32(28-19-11-4-12-20-28)23-29(26-15-7-2-8-16-26)31-30(24-32)27-17-9-3-10-18-27/h1-20,23-24H/q+1. The van der Waals surface area contributed by atoms with Crippen molar-refractivity contribution in [3.05, 3.63) is 150 Å². The Balaban J connectivity index is 1.74. The predicted octanol–water partition coefficient (Wildman–Crippen LogP) is 7.37. The summed E-state index contributed by atoms with van der Waals surface area (Å²) in [5.41, 5.74) is 6.81. The average Bonchev–Trinajstić information content (AvgIpc) is 2.89. The number of ether oxygens (including phenoxy) is 1. The minimum Gasteiger partial charge on any atom is -0.449 e. The van der Waals surface area contributed by atoms with Gasteiger partial charge in [0, 0.05) is 16.7 Å². The molecule has 1 heterocycles. The van der Waals surface area contributed by atoms with Crippen molar-refractivity contribution in [2.24, 2.45) is 0 Å². The summed E-state index contributed by atoms with van der Waals surface area (Å²) >= 11 is 0. The number of hydrogen-bond donors (Lipinski definition) is 0. The molecule has 4 aromatic carbocycles. The first kappa shape index (κ1) is 20.1. The summed E-state index contributed by atoms with van der Waals surface area (Å²) in [5.74, 6) is 9.66. The molecule has 32 heavy (non-hydrogen) atoms. The van der Waals surface area contributed by atoms with Gasteiger partial charge in [0.05, 0.1) is 5.66 Å². The van der Waals surface area contributed by atoms with Crippen LogP contribution in [0.2, 0.25) is 0 Å². The topological polar surface area (TPSA) is 9.23 Å². The lowest BCUT2D eigenvalue weighted by Gasteiger charge is -2.23. The molecule has 0 fully saturated rings. The highest BCUT2D eigenvalue weighted by molar-refractivity contribution is 7.93. The smallest absolute Gasteiger partial charge is 0.182 e. The van der Waals surface area contributed by atoms with Gasteiger partial charge in [-0.3, -0.25) is 0 Å². The number of hydrogen-bond acceptors (Lipinski definition) is 1. The molecule has 1 aliphatic heterocycles. The molecule has 0 radical (unpaired) electrons. The first-order valence-electron chi connectivity index (χ1n) is 10.6. The summed E-state index contributed by atoms with van der Waals surface area (Å²) in [4.78, 5) is 0. The van der Waals surface area contributed by atoms with Crippen LogP contribution < -0.4 is 5.30 Å².